The number of hydrogen-bond acceptors (Lipinski definition) is 3. The van der Waals surface area contributed by atoms with Crippen molar-refractivity contribution in [1.29, 1.82) is 0 Å². The first-order valence-electron chi connectivity index (χ1n) is 8.28. The van der Waals surface area contributed by atoms with Crippen molar-refractivity contribution in [3.05, 3.63) is 29.6 Å². The second kappa shape index (κ2) is 7.17. The molecule has 2 aliphatic rings. The third-order valence-corrected chi connectivity index (χ3v) is 4.48. The van der Waals surface area contributed by atoms with Crippen LogP contribution < -0.4 is 15.5 Å². The molecule has 0 unspecified atom stereocenters. The average molecular weight is 335 g/mol. The molecular weight excluding hydrogens is 313 g/mol. The lowest BCUT2D eigenvalue weighted by Gasteiger charge is -2.18. The van der Waals surface area contributed by atoms with Gasteiger partial charge in [-0.3, -0.25) is 4.79 Å². The van der Waals surface area contributed by atoms with Gasteiger partial charge in [-0.15, -0.1) is 0 Å². The zero-order valence-electron chi connectivity index (χ0n) is 13.7. The predicted octanol–water partition coefficient (Wildman–Crippen LogP) is 1.72. The van der Waals surface area contributed by atoms with Crippen LogP contribution in [-0.4, -0.2) is 43.8 Å². The first-order chi connectivity index (χ1) is 11.5. The zero-order chi connectivity index (χ0) is 17.1. The summed E-state index contributed by atoms with van der Waals surface area (Å²) in [5, 5.41) is 5.46. The van der Waals surface area contributed by atoms with Crippen LogP contribution in [0.5, 0.6) is 0 Å². The molecule has 0 aromatic heterocycles. The minimum atomic E-state index is -0.556. The Bertz CT molecular complexity index is 632. The molecule has 2 saturated heterocycles. The van der Waals surface area contributed by atoms with Gasteiger partial charge in [0, 0.05) is 25.4 Å². The molecule has 7 heteroatoms. The number of halogens is 1. The molecule has 6 nitrogen and oxygen atoms in total. The molecule has 0 radical (unpaired) electrons. The number of carbonyl (C=O) groups is 2. The molecule has 0 bridgehead atoms. The van der Waals surface area contributed by atoms with Crippen molar-refractivity contribution >= 4 is 17.6 Å². The van der Waals surface area contributed by atoms with E-state index in [0.29, 0.717) is 30.8 Å². The molecule has 3 amide bonds. The summed E-state index contributed by atoms with van der Waals surface area (Å²) in [4.78, 5) is 26.0. The van der Waals surface area contributed by atoms with Crippen LogP contribution in [0, 0.1) is 12.7 Å². The predicted molar refractivity (Wildman–Crippen MR) is 87.4 cm³/mol. The topological polar surface area (TPSA) is 70.7 Å². The molecule has 2 atom stereocenters. The SMILES string of the molecule is Cc1cc(N2CC[C@@H](NC(=O)NC[C@H]3CCCO3)C2=O)ccc1F. The summed E-state index contributed by atoms with van der Waals surface area (Å²) >= 11 is 0. The molecule has 24 heavy (non-hydrogen) atoms. The lowest BCUT2D eigenvalue weighted by Crippen LogP contribution is -2.47. The normalized spacial score (nSPS) is 23.6. The Kier molecular flexibility index (Phi) is 4.99. The molecule has 3 rings (SSSR count). The van der Waals surface area contributed by atoms with Crippen LogP contribution >= 0.6 is 0 Å². The standard InChI is InChI=1S/C17H22FN3O3/c1-11-9-12(4-5-14(11)18)21-7-6-15(16(21)22)20-17(23)19-10-13-3-2-8-24-13/h4-5,9,13,15H,2-3,6-8,10H2,1H3,(H2,19,20,23)/t13-,15-/m1/s1. The Morgan fingerprint density at radius 1 is 1.42 bits per heavy atom. The summed E-state index contributed by atoms with van der Waals surface area (Å²) < 4.78 is 18.8. The van der Waals surface area contributed by atoms with E-state index in [2.05, 4.69) is 10.6 Å². The minimum Gasteiger partial charge on any atom is -0.376 e. The van der Waals surface area contributed by atoms with E-state index < -0.39 is 6.04 Å². The maximum Gasteiger partial charge on any atom is 0.315 e. The number of hydrogen-bond donors (Lipinski definition) is 2. The molecule has 130 valence electrons. The van der Waals surface area contributed by atoms with E-state index in [1.54, 1.807) is 24.0 Å². The Morgan fingerprint density at radius 2 is 2.25 bits per heavy atom. The number of carbonyl (C=O) groups excluding carboxylic acids is 2. The van der Waals surface area contributed by atoms with E-state index in [9.17, 15) is 14.0 Å². The first-order valence-corrected chi connectivity index (χ1v) is 8.28. The fourth-order valence-electron chi connectivity index (χ4n) is 3.09. The molecule has 0 saturated carbocycles. The number of nitrogens with one attached hydrogen (secondary N) is 2. The van der Waals surface area contributed by atoms with Gasteiger partial charge in [0.25, 0.3) is 0 Å². The third-order valence-electron chi connectivity index (χ3n) is 4.48. The van der Waals surface area contributed by atoms with Gasteiger partial charge in [0.2, 0.25) is 5.91 Å². The van der Waals surface area contributed by atoms with Gasteiger partial charge in [-0.2, -0.15) is 0 Å². The summed E-state index contributed by atoms with van der Waals surface area (Å²) in [7, 11) is 0. The highest BCUT2D eigenvalue weighted by Gasteiger charge is 2.33. The lowest BCUT2D eigenvalue weighted by atomic mass is 10.2. The summed E-state index contributed by atoms with van der Waals surface area (Å²) in [6.45, 7) is 3.35. The van der Waals surface area contributed by atoms with Crippen LogP contribution in [0.1, 0.15) is 24.8 Å². The molecule has 1 aromatic rings. The largest absolute Gasteiger partial charge is 0.376 e. The van der Waals surface area contributed by atoms with E-state index in [0.717, 1.165) is 19.4 Å². The number of rotatable bonds is 4. The van der Waals surface area contributed by atoms with Gasteiger partial charge in [-0.05, 0) is 49.9 Å². The number of urea groups is 1. The Hall–Kier alpha value is -2.15. The van der Waals surface area contributed by atoms with Crippen molar-refractivity contribution in [3.63, 3.8) is 0 Å². The summed E-state index contributed by atoms with van der Waals surface area (Å²) in [5.74, 6) is -0.471. The van der Waals surface area contributed by atoms with Gasteiger partial charge in [0.1, 0.15) is 11.9 Å². The number of nitrogens with zero attached hydrogens (tertiary/aromatic N) is 1. The highest BCUT2D eigenvalue weighted by molar-refractivity contribution is 6.01. The minimum absolute atomic E-state index is 0.0636. The van der Waals surface area contributed by atoms with Crippen LogP contribution in [0.2, 0.25) is 0 Å². The van der Waals surface area contributed by atoms with Gasteiger partial charge in [-0.1, -0.05) is 0 Å². The van der Waals surface area contributed by atoms with Crippen molar-refractivity contribution in [2.75, 3.05) is 24.6 Å². The summed E-state index contributed by atoms with van der Waals surface area (Å²) in [6.07, 6.45) is 2.55. The number of benzene rings is 1. The molecular formula is C17H22FN3O3. The Morgan fingerprint density at radius 3 is 2.96 bits per heavy atom. The lowest BCUT2D eigenvalue weighted by molar-refractivity contribution is -0.118. The zero-order valence-corrected chi connectivity index (χ0v) is 13.7. The number of anilines is 1. The number of ether oxygens (including phenoxy) is 1. The van der Waals surface area contributed by atoms with Crippen LogP contribution in [0.25, 0.3) is 0 Å². The quantitative estimate of drug-likeness (QED) is 0.880. The van der Waals surface area contributed by atoms with Gasteiger partial charge >= 0.3 is 6.03 Å². The molecule has 2 N–H and O–H groups in total. The van der Waals surface area contributed by atoms with Gasteiger partial charge in [0.15, 0.2) is 0 Å². The maximum absolute atomic E-state index is 13.4. The monoisotopic (exact) mass is 335 g/mol. The molecule has 2 fully saturated rings. The molecule has 2 aliphatic heterocycles. The fraction of sp³-hybridized carbons (Fsp3) is 0.529. The maximum atomic E-state index is 13.4. The highest BCUT2D eigenvalue weighted by Crippen LogP contribution is 2.23. The summed E-state index contributed by atoms with van der Waals surface area (Å²) in [6, 6.07) is 3.67. The van der Waals surface area contributed by atoms with E-state index in [-0.39, 0.29) is 23.9 Å². The second-order valence-electron chi connectivity index (χ2n) is 6.25. The van der Waals surface area contributed by atoms with Crippen LogP contribution in [0.4, 0.5) is 14.9 Å². The van der Waals surface area contributed by atoms with E-state index in [1.165, 1.54) is 6.07 Å². The van der Waals surface area contributed by atoms with E-state index >= 15 is 0 Å². The van der Waals surface area contributed by atoms with Crippen molar-refractivity contribution in [2.45, 2.75) is 38.3 Å². The molecule has 1 aromatic carbocycles. The van der Waals surface area contributed by atoms with Gasteiger partial charge in [0.05, 0.1) is 6.10 Å². The van der Waals surface area contributed by atoms with Gasteiger partial charge in [-0.25, -0.2) is 9.18 Å². The van der Waals surface area contributed by atoms with Crippen LogP contribution in [0.15, 0.2) is 18.2 Å². The molecule has 0 spiro atoms. The third kappa shape index (κ3) is 3.67. The Balaban J connectivity index is 1.53. The molecule has 0 aliphatic carbocycles. The van der Waals surface area contributed by atoms with Gasteiger partial charge < -0.3 is 20.3 Å². The number of aryl methyl sites for hydroxylation is 1. The van der Waals surface area contributed by atoms with Crippen molar-refractivity contribution in [2.24, 2.45) is 0 Å². The highest BCUT2D eigenvalue weighted by atomic mass is 19.1. The van der Waals surface area contributed by atoms with Crippen LogP contribution in [0.3, 0.4) is 0 Å². The second-order valence-corrected chi connectivity index (χ2v) is 6.25. The fourth-order valence-corrected chi connectivity index (χ4v) is 3.09. The van der Waals surface area contributed by atoms with Crippen molar-refractivity contribution < 1.29 is 18.7 Å². The summed E-state index contributed by atoms with van der Waals surface area (Å²) in [5.41, 5.74) is 1.15. The van der Waals surface area contributed by atoms with Crippen molar-refractivity contribution in [1.82, 2.24) is 10.6 Å². The van der Waals surface area contributed by atoms with Crippen LogP contribution in [-0.2, 0) is 9.53 Å². The average Bonchev–Trinajstić information content (AvgIpc) is 3.19. The Labute approximate surface area is 140 Å². The van der Waals surface area contributed by atoms with E-state index in [1.807, 2.05) is 0 Å². The van der Waals surface area contributed by atoms with Crippen molar-refractivity contribution in [3.8, 4) is 0 Å². The molecule has 2 heterocycles. The first kappa shape index (κ1) is 16.7. The number of amides is 3. The van der Waals surface area contributed by atoms with E-state index in [4.69, 9.17) is 4.74 Å². The smallest absolute Gasteiger partial charge is 0.315 e.